The monoisotopic (exact) mass is 750 g/mol. The normalized spacial score (nSPS) is 12.8. The molecule has 0 radical (unpaired) electrons. The number of rotatable bonds is 10. The summed E-state index contributed by atoms with van der Waals surface area (Å²) in [7, 11) is 0. The van der Waals surface area contributed by atoms with Crippen LogP contribution in [0.15, 0.2) is 140 Å². The second-order valence-corrected chi connectivity index (χ2v) is 16.6. The highest BCUT2D eigenvalue weighted by atomic mass is 16.3. The van der Waals surface area contributed by atoms with E-state index in [-0.39, 0.29) is 5.75 Å². The van der Waals surface area contributed by atoms with E-state index < -0.39 is 0 Å². The summed E-state index contributed by atoms with van der Waals surface area (Å²) in [4.78, 5) is 10.3. The van der Waals surface area contributed by atoms with Crippen LogP contribution in [0, 0.1) is 0 Å². The van der Waals surface area contributed by atoms with Gasteiger partial charge in [-0.2, -0.15) is 0 Å². The molecule has 0 saturated heterocycles. The van der Waals surface area contributed by atoms with Crippen LogP contribution in [0.5, 0.6) is 5.75 Å². The van der Waals surface area contributed by atoms with Crippen LogP contribution in [-0.4, -0.2) is 21.3 Å². The fraction of sp³-hybridized carbons (Fsp3) is 0.250. The molecule has 5 nitrogen and oxygen atoms in total. The standard InChI is InChI=1S/C52H54N4O/c1-33(2)41-23-17-24-42(34(3)4)50(41)54-31-46(53-52(54)43-22-12-15-27-49(43)57)38-20-16-21-40(28-38)55-32-56(48-26-14-13-25-47(48)55)51-44(35(5)6)29-39(30-45(51)36(7)8)37-18-10-9-11-19-37/h9-31,33-36,57H,32H2,1-8H3. The van der Waals surface area contributed by atoms with Gasteiger partial charge in [0.05, 0.1) is 28.3 Å². The van der Waals surface area contributed by atoms with E-state index in [9.17, 15) is 5.11 Å². The molecule has 1 aliphatic heterocycles. The molecule has 0 amide bonds. The zero-order chi connectivity index (χ0) is 40.0. The summed E-state index contributed by atoms with van der Waals surface area (Å²) >= 11 is 0. The highest BCUT2D eigenvalue weighted by Gasteiger charge is 2.32. The van der Waals surface area contributed by atoms with E-state index in [1.165, 1.54) is 50.4 Å². The number of hydrogen-bond donors (Lipinski definition) is 1. The molecule has 0 atom stereocenters. The van der Waals surface area contributed by atoms with Gasteiger partial charge in [-0.05, 0) is 106 Å². The number of fused-ring (bicyclic) bond motifs is 1. The summed E-state index contributed by atoms with van der Waals surface area (Å²) in [6, 6.07) is 47.3. The van der Waals surface area contributed by atoms with Gasteiger partial charge in [-0.3, -0.25) is 4.57 Å². The number of phenolic OH excluding ortho intramolecular Hbond substituents is 1. The number of aromatic nitrogens is 2. The van der Waals surface area contributed by atoms with Crippen LogP contribution in [-0.2, 0) is 0 Å². The lowest BCUT2D eigenvalue weighted by Gasteiger charge is -2.30. The molecule has 8 rings (SSSR count). The Labute approximate surface area is 338 Å². The van der Waals surface area contributed by atoms with Gasteiger partial charge in [0.2, 0.25) is 0 Å². The first-order valence-corrected chi connectivity index (χ1v) is 20.5. The molecule has 0 aliphatic carbocycles. The van der Waals surface area contributed by atoms with Gasteiger partial charge in [-0.15, -0.1) is 0 Å². The quantitative estimate of drug-likeness (QED) is 0.151. The Bertz CT molecular complexity index is 2490. The maximum absolute atomic E-state index is 11.2. The number of aromatic hydroxyl groups is 1. The largest absolute Gasteiger partial charge is 0.507 e. The Morgan fingerprint density at radius 3 is 1.65 bits per heavy atom. The minimum atomic E-state index is 0.213. The zero-order valence-electron chi connectivity index (χ0n) is 34.5. The summed E-state index contributed by atoms with van der Waals surface area (Å²) in [5, 5.41) is 11.2. The van der Waals surface area contributed by atoms with Gasteiger partial charge in [0, 0.05) is 23.1 Å². The Hall–Kier alpha value is -6.07. The molecule has 0 saturated carbocycles. The van der Waals surface area contributed by atoms with Gasteiger partial charge < -0.3 is 14.9 Å². The molecule has 0 spiro atoms. The van der Waals surface area contributed by atoms with Gasteiger partial charge in [-0.25, -0.2) is 4.98 Å². The molecule has 288 valence electrons. The third-order valence-electron chi connectivity index (χ3n) is 11.4. The summed E-state index contributed by atoms with van der Waals surface area (Å²) in [6.45, 7) is 18.9. The smallest absolute Gasteiger partial charge is 0.148 e. The van der Waals surface area contributed by atoms with Crippen molar-refractivity contribution in [1.29, 1.82) is 0 Å². The molecule has 1 aromatic heterocycles. The van der Waals surface area contributed by atoms with Crippen molar-refractivity contribution in [1.82, 2.24) is 9.55 Å². The van der Waals surface area contributed by atoms with Crippen molar-refractivity contribution < 1.29 is 5.11 Å². The van der Waals surface area contributed by atoms with Crippen molar-refractivity contribution in [2.24, 2.45) is 0 Å². The molecule has 0 unspecified atom stereocenters. The van der Waals surface area contributed by atoms with Crippen molar-refractivity contribution in [3.05, 3.63) is 162 Å². The number of para-hydroxylation sites is 4. The minimum Gasteiger partial charge on any atom is -0.507 e. The molecule has 6 aromatic carbocycles. The van der Waals surface area contributed by atoms with Crippen LogP contribution < -0.4 is 9.80 Å². The second-order valence-electron chi connectivity index (χ2n) is 16.6. The van der Waals surface area contributed by atoms with Crippen molar-refractivity contribution in [2.45, 2.75) is 79.1 Å². The molecule has 1 aliphatic rings. The number of anilines is 4. The van der Waals surface area contributed by atoms with Crippen LogP contribution in [0.2, 0.25) is 0 Å². The van der Waals surface area contributed by atoms with Crippen molar-refractivity contribution in [2.75, 3.05) is 16.5 Å². The molecule has 1 N–H and O–H groups in total. The van der Waals surface area contributed by atoms with Gasteiger partial charge in [0.1, 0.15) is 18.2 Å². The van der Waals surface area contributed by atoms with Gasteiger partial charge in [0.15, 0.2) is 0 Å². The third-order valence-corrected chi connectivity index (χ3v) is 11.4. The first-order chi connectivity index (χ1) is 27.5. The SMILES string of the molecule is CC(C)c1cc(-c2ccccc2)cc(C(C)C)c1N1CN(c2cccc(-c3cn(-c4c(C(C)C)cccc4C(C)C)c(-c4ccccc4O)n3)c2)c2ccccc21. The van der Waals surface area contributed by atoms with Gasteiger partial charge in [-0.1, -0.05) is 140 Å². The van der Waals surface area contributed by atoms with E-state index in [0.717, 1.165) is 28.5 Å². The van der Waals surface area contributed by atoms with Crippen LogP contribution in [0.1, 0.15) is 101 Å². The number of phenols is 1. The van der Waals surface area contributed by atoms with E-state index in [1.807, 2.05) is 18.2 Å². The highest BCUT2D eigenvalue weighted by molar-refractivity contribution is 5.90. The molecule has 7 aromatic rings. The van der Waals surface area contributed by atoms with Crippen LogP contribution in [0.3, 0.4) is 0 Å². The summed E-state index contributed by atoms with van der Waals surface area (Å²) in [5.74, 6) is 2.19. The van der Waals surface area contributed by atoms with E-state index in [2.05, 4.69) is 185 Å². The zero-order valence-corrected chi connectivity index (χ0v) is 34.5. The lowest BCUT2D eigenvalue weighted by atomic mass is 9.87. The molecule has 0 fully saturated rings. The van der Waals surface area contributed by atoms with Gasteiger partial charge in [0.25, 0.3) is 0 Å². The predicted molar refractivity (Wildman–Crippen MR) is 240 cm³/mol. The molecular formula is C52H54N4O. The lowest BCUT2D eigenvalue weighted by molar-refractivity contribution is 0.477. The average molecular weight is 751 g/mol. The van der Waals surface area contributed by atoms with Gasteiger partial charge >= 0.3 is 0 Å². The Balaban J connectivity index is 1.25. The fourth-order valence-corrected chi connectivity index (χ4v) is 8.46. The Morgan fingerprint density at radius 2 is 1.04 bits per heavy atom. The topological polar surface area (TPSA) is 44.5 Å². The Kier molecular flexibility index (Phi) is 10.3. The van der Waals surface area contributed by atoms with E-state index in [4.69, 9.17) is 4.98 Å². The maximum atomic E-state index is 11.2. The number of nitrogens with zero attached hydrogens (tertiary/aromatic N) is 4. The first-order valence-electron chi connectivity index (χ1n) is 20.5. The second kappa shape index (κ2) is 15.5. The van der Waals surface area contributed by atoms with E-state index in [1.54, 1.807) is 6.07 Å². The number of benzene rings is 6. The summed E-state index contributed by atoms with van der Waals surface area (Å²) in [6.07, 6.45) is 2.16. The molecule has 2 heterocycles. The van der Waals surface area contributed by atoms with Crippen molar-refractivity contribution in [3.63, 3.8) is 0 Å². The van der Waals surface area contributed by atoms with Crippen LogP contribution in [0.25, 0.3) is 39.5 Å². The van der Waals surface area contributed by atoms with Crippen molar-refractivity contribution in [3.8, 4) is 45.2 Å². The number of imidazole rings is 1. The van der Waals surface area contributed by atoms with Crippen LogP contribution >= 0.6 is 0 Å². The minimum absolute atomic E-state index is 0.213. The fourth-order valence-electron chi connectivity index (χ4n) is 8.46. The molecule has 0 bridgehead atoms. The van der Waals surface area contributed by atoms with Crippen molar-refractivity contribution >= 4 is 22.7 Å². The summed E-state index contributed by atoms with van der Waals surface area (Å²) in [5.41, 5.74) is 16.2. The highest BCUT2D eigenvalue weighted by Crippen LogP contribution is 2.50. The molecular weight excluding hydrogens is 697 g/mol. The summed E-state index contributed by atoms with van der Waals surface area (Å²) < 4.78 is 2.22. The third kappa shape index (κ3) is 7.01. The average Bonchev–Trinajstić information content (AvgIpc) is 3.83. The predicted octanol–water partition coefficient (Wildman–Crippen LogP) is 14.3. The lowest BCUT2D eigenvalue weighted by Crippen LogP contribution is -2.26. The Morgan fingerprint density at radius 1 is 0.491 bits per heavy atom. The molecule has 57 heavy (non-hydrogen) atoms. The maximum Gasteiger partial charge on any atom is 0.148 e. The van der Waals surface area contributed by atoms with E-state index in [0.29, 0.717) is 35.9 Å². The number of hydrogen-bond acceptors (Lipinski definition) is 4. The van der Waals surface area contributed by atoms with Crippen LogP contribution in [0.4, 0.5) is 22.7 Å². The first kappa shape index (κ1) is 37.8. The van der Waals surface area contributed by atoms with E-state index >= 15 is 0 Å². The molecule has 5 heteroatoms.